The second kappa shape index (κ2) is 8.76. The number of halogens is 4. The van der Waals surface area contributed by atoms with Crippen LogP contribution in [0.5, 0.6) is 0 Å². The number of rotatable bonds is 4. The van der Waals surface area contributed by atoms with Gasteiger partial charge in [0, 0.05) is 53.4 Å². The largest absolute Gasteiger partial charge is 0.387 e. The Kier molecular flexibility index (Phi) is 6.61. The van der Waals surface area contributed by atoms with Crippen LogP contribution in [0.2, 0.25) is 15.1 Å². The van der Waals surface area contributed by atoms with Gasteiger partial charge in [0.15, 0.2) is 0 Å². The van der Waals surface area contributed by atoms with Crippen LogP contribution in [0.3, 0.4) is 0 Å². The fourth-order valence-electron chi connectivity index (χ4n) is 3.08. The zero-order valence-corrected chi connectivity index (χ0v) is 16.6. The number of piperazine rings is 1. The molecule has 2 aromatic rings. The summed E-state index contributed by atoms with van der Waals surface area (Å²) < 4.78 is 14.0. The molecule has 2 aromatic carbocycles. The molecule has 0 aliphatic carbocycles. The van der Waals surface area contributed by atoms with Crippen molar-refractivity contribution in [2.24, 2.45) is 0 Å². The molecule has 0 radical (unpaired) electrons. The van der Waals surface area contributed by atoms with Gasteiger partial charge in [-0.1, -0.05) is 34.8 Å². The van der Waals surface area contributed by atoms with E-state index in [-0.39, 0.29) is 16.5 Å². The van der Waals surface area contributed by atoms with Crippen molar-refractivity contribution >= 4 is 40.7 Å². The van der Waals surface area contributed by atoms with Crippen molar-refractivity contribution in [1.82, 2.24) is 9.80 Å². The van der Waals surface area contributed by atoms with Gasteiger partial charge in [-0.2, -0.15) is 0 Å². The lowest BCUT2D eigenvalue weighted by Crippen LogP contribution is -2.49. The van der Waals surface area contributed by atoms with E-state index >= 15 is 0 Å². The zero-order chi connectivity index (χ0) is 19.6. The maximum Gasteiger partial charge on any atom is 0.256 e. The molecule has 144 valence electrons. The summed E-state index contributed by atoms with van der Waals surface area (Å²) in [5.74, 6) is -0.983. The van der Waals surface area contributed by atoms with E-state index in [0.717, 1.165) is 6.07 Å². The summed E-state index contributed by atoms with van der Waals surface area (Å²) in [5.41, 5.74) is 0.588. The van der Waals surface area contributed by atoms with Crippen molar-refractivity contribution in [3.63, 3.8) is 0 Å². The first-order valence-electron chi connectivity index (χ1n) is 8.45. The van der Waals surface area contributed by atoms with Gasteiger partial charge >= 0.3 is 0 Å². The van der Waals surface area contributed by atoms with Crippen molar-refractivity contribution in [2.75, 3.05) is 32.7 Å². The SMILES string of the molecule is O=C(c1ccc(Cl)cc1F)N1CCN(CC(O)c2cc(Cl)ccc2Cl)CC1. The Labute approximate surface area is 172 Å². The first kappa shape index (κ1) is 20.4. The van der Waals surface area contributed by atoms with E-state index in [9.17, 15) is 14.3 Å². The molecule has 0 aromatic heterocycles. The van der Waals surface area contributed by atoms with Crippen molar-refractivity contribution < 1.29 is 14.3 Å². The van der Waals surface area contributed by atoms with Gasteiger partial charge in [-0.3, -0.25) is 9.69 Å². The minimum atomic E-state index is -0.785. The number of aliphatic hydroxyl groups excluding tert-OH is 1. The van der Waals surface area contributed by atoms with Crippen LogP contribution in [-0.2, 0) is 0 Å². The van der Waals surface area contributed by atoms with Crippen molar-refractivity contribution in [3.8, 4) is 0 Å². The minimum absolute atomic E-state index is 0.0126. The number of amides is 1. The topological polar surface area (TPSA) is 43.8 Å². The van der Waals surface area contributed by atoms with Crippen molar-refractivity contribution in [1.29, 1.82) is 0 Å². The molecule has 8 heteroatoms. The van der Waals surface area contributed by atoms with E-state index < -0.39 is 11.9 Å². The number of hydrogen-bond acceptors (Lipinski definition) is 3. The third-order valence-corrected chi connectivity index (χ3v) is 5.38. The van der Waals surface area contributed by atoms with Gasteiger partial charge in [0.2, 0.25) is 0 Å². The maximum atomic E-state index is 14.0. The van der Waals surface area contributed by atoms with E-state index in [0.29, 0.717) is 48.3 Å². The van der Waals surface area contributed by atoms with Crippen LogP contribution in [0, 0.1) is 5.82 Å². The summed E-state index contributed by atoms with van der Waals surface area (Å²) in [6.45, 7) is 2.39. The lowest BCUT2D eigenvalue weighted by molar-refractivity contribution is 0.0524. The molecule has 27 heavy (non-hydrogen) atoms. The minimum Gasteiger partial charge on any atom is -0.387 e. The number of hydrogen-bond donors (Lipinski definition) is 1. The Bertz CT molecular complexity index is 842. The number of β-amino-alcohol motifs (C(OH)–C–C–N with tert-alkyl or cyclic N) is 1. The molecule has 0 bridgehead atoms. The van der Waals surface area contributed by atoms with Crippen molar-refractivity contribution in [3.05, 3.63) is 68.4 Å². The van der Waals surface area contributed by atoms with E-state index in [2.05, 4.69) is 0 Å². The number of benzene rings is 2. The number of carbonyl (C=O) groups is 1. The van der Waals surface area contributed by atoms with E-state index in [1.165, 1.54) is 12.1 Å². The average molecular weight is 432 g/mol. The summed E-state index contributed by atoms with van der Waals surface area (Å²) in [7, 11) is 0. The molecule has 1 fully saturated rings. The molecule has 1 aliphatic heterocycles. The molecule has 3 rings (SSSR count). The quantitative estimate of drug-likeness (QED) is 0.786. The second-order valence-corrected chi connectivity index (χ2v) is 7.68. The third-order valence-electron chi connectivity index (χ3n) is 4.57. The predicted molar refractivity (Wildman–Crippen MR) is 105 cm³/mol. The Morgan fingerprint density at radius 3 is 2.33 bits per heavy atom. The molecule has 1 N–H and O–H groups in total. The Balaban J connectivity index is 1.58. The Hall–Kier alpha value is -1.37. The monoisotopic (exact) mass is 430 g/mol. The first-order valence-corrected chi connectivity index (χ1v) is 9.58. The van der Waals surface area contributed by atoms with Crippen LogP contribution in [0.4, 0.5) is 4.39 Å². The Morgan fingerprint density at radius 1 is 1.04 bits per heavy atom. The molecule has 4 nitrogen and oxygen atoms in total. The van der Waals surface area contributed by atoms with Gasteiger partial charge in [0.25, 0.3) is 5.91 Å². The maximum absolute atomic E-state index is 14.0. The van der Waals surface area contributed by atoms with Crippen LogP contribution in [0.25, 0.3) is 0 Å². The molecule has 0 spiro atoms. The van der Waals surface area contributed by atoms with E-state index in [1.807, 2.05) is 4.90 Å². The highest BCUT2D eigenvalue weighted by Gasteiger charge is 2.26. The smallest absolute Gasteiger partial charge is 0.256 e. The number of nitrogens with zero attached hydrogens (tertiary/aromatic N) is 2. The molecule has 1 atom stereocenters. The normalized spacial score (nSPS) is 16.4. The van der Waals surface area contributed by atoms with Crippen LogP contribution in [-0.4, -0.2) is 53.5 Å². The lowest BCUT2D eigenvalue weighted by Gasteiger charge is -2.35. The molecule has 1 amide bonds. The molecular weight excluding hydrogens is 414 g/mol. The fraction of sp³-hybridized carbons (Fsp3) is 0.316. The first-order chi connectivity index (χ1) is 12.8. The van der Waals surface area contributed by atoms with Gasteiger partial charge < -0.3 is 10.0 Å². The highest BCUT2D eigenvalue weighted by Crippen LogP contribution is 2.27. The van der Waals surface area contributed by atoms with Crippen LogP contribution < -0.4 is 0 Å². The molecule has 1 heterocycles. The standard InChI is InChI=1S/C19H18Cl3FN2O2/c20-12-2-4-16(22)15(9-12)18(26)11-24-5-7-25(8-6-24)19(27)14-3-1-13(21)10-17(14)23/h1-4,9-10,18,26H,5-8,11H2. The van der Waals surface area contributed by atoms with Gasteiger partial charge in [-0.05, 0) is 36.4 Å². The van der Waals surface area contributed by atoms with Crippen LogP contribution in [0.15, 0.2) is 36.4 Å². The summed E-state index contributed by atoms with van der Waals surface area (Å²) in [6.07, 6.45) is -0.785. The molecule has 1 unspecified atom stereocenters. The van der Waals surface area contributed by atoms with Crippen LogP contribution >= 0.6 is 34.8 Å². The molecular formula is C19H18Cl3FN2O2. The number of carbonyl (C=O) groups excluding carboxylic acids is 1. The van der Waals surface area contributed by atoms with E-state index in [1.54, 1.807) is 23.1 Å². The lowest BCUT2D eigenvalue weighted by atomic mass is 10.1. The van der Waals surface area contributed by atoms with Gasteiger partial charge in [0.1, 0.15) is 5.82 Å². The van der Waals surface area contributed by atoms with E-state index in [4.69, 9.17) is 34.8 Å². The van der Waals surface area contributed by atoms with Gasteiger partial charge in [-0.15, -0.1) is 0 Å². The summed E-state index contributed by atoms with van der Waals surface area (Å²) in [4.78, 5) is 16.1. The Morgan fingerprint density at radius 2 is 1.67 bits per heavy atom. The highest BCUT2D eigenvalue weighted by atomic mass is 35.5. The predicted octanol–water partition coefficient (Wildman–Crippen LogP) is 4.28. The number of aliphatic hydroxyl groups is 1. The van der Waals surface area contributed by atoms with Crippen LogP contribution in [0.1, 0.15) is 22.0 Å². The molecule has 1 saturated heterocycles. The summed E-state index contributed by atoms with van der Waals surface area (Å²) in [6, 6.07) is 9.00. The second-order valence-electron chi connectivity index (χ2n) is 6.40. The average Bonchev–Trinajstić information content (AvgIpc) is 2.64. The van der Waals surface area contributed by atoms with Gasteiger partial charge in [-0.25, -0.2) is 4.39 Å². The van der Waals surface area contributed by atoms with Crippen molar-refractivity contribution in [2.45, 2.75) is 6.10 Å². The summed E-state index contributed by atoms with van der Waals surface area (Å²) in [5, 5.41) is 11.7. The highest BCUT2D eigenvalue weighted by molar-refractivity contribution is 6.33. The zero-order valence-electron chi connectivity index (χ0n) is 14.3. The van der Waals surface area contributed by atoms with Gasteiger partial charge in [0.05, 0.1) is 11.7 Å². The fourth-order valence-corrected chi connectivity index (χ4v) is 3.66. The third kappa shape index (κ3) is 4.92. The molecule has 0 saturated carbocycles. The summed E-state index contributed by atoms with van der Waals surface area (Å²) >= 11 is 17.8. The molecule has 1 aliphatic rings.